The van der Waals surface area contributed by atoms with Crippen LogP contribution in [-0.2, 0) is 23.2 Å². The number of aryl methyl sites for hydroxylation is 1. The van der Waals surface area contributed by atoms with Gasteiger partial charge in [-0.3, -0.25) is 43.6 Å². The Hall–Kier alpha value is -6.46. The number of hydrogen-bond donors (Lipinski definition) is 3. The van der Waals surface area contributed by atoms with Crippen LogP contribution in [0.3, 0.4) is 0 Å². The first-order valence-corrected chi connectivity index (χ1v) is 21.9. The third-order valence-corrected chi connectivity index (χ3v) is 13.3. The minimum atomic E-state index is -1.000. The molecule has 1 aliphatic carbocycles. The van der Waals surface area contributed by atoms with Gasteiger partial charge in [0.15, 0.2) is 11.3 Å². The number of carbonyl (C=O) groups is 3. The van der Waals surface area contributed by atoms with Crippen LogP contribution in [0.1, 0.15) is 54.2 Å². The Bertz CT molecular complexity index is 2770. The monoisotopic (exact) mass is 854 g/mol. The maximum atomic E-state index is 13.5. The molecule has 16 nitrogen and oxygen atoms in total. The second-order valence-electron chi connectivity index (χ2n) is 17.4. The largest absolute Gasteiger partial charge is 0.385 e. The first-order valence-electron chi connectivity index (χ1n) is 21.9. The number of amides is 3. The molecule has 0 radical (unpaired) electrons. The molecule has 4 fully saturated rings. The maximum absolute atomic E-state index is 13.5. The fraction of sp³-hybridized carbons (Fsp3) is 0.413. The van der Waals surface area contributed by atoms with E-state index in [4.69, 9.17) is 10.1 Å². The molecule has 4 aliphatic rings. The van der Waals surface area contributed by atoms with Gasteiger partial charge in [0.2, 0.25) is 11.8 Å². The van der Waals surface area contributed by atoms with Gasteiger partial charge in [-0.05, 0) is 74.2 Å². The molecular formula is C46H51FN12O4. The second-order valence-corrected chi connectivity index (χ2v) is 17.4. The molecule has 0 bridgehead atoms. The van der Waals surface area contributed by atoms with Crippen molar-refractivity contribution < 1.29 is 18.8 Å². The van der Waals surface area contributed by atoms with Crippen molar-refractivity contribution in [2.24, 2.45) is 13.0 Å². The summed E-state index contributed by atoms with van der Waals surface area (Å²) in [7, 11) is 3.53. The van der Waals surface area contributed by atoms with E-state index in [2.05, 4.69) is 53.8 Å². The van der Waals surface area contributed by atoms with Crippen molar-refractivity contribution in [3.8, 4) is 22.5 Å². The molecule has 17 heteroatoms. The van der Waals surface area contributed by atoms with Gasteiger partial charge in [0.05, 0.1) is 40.3 Å². The van der Waals surface area contributed by atoms with E-state index in [1.165, 1.54) is 33.7 Å². The highest BCUT2D eigenvalue weighted by atomic mass is 19.1. The first kappa shape index (κ1) is 40.6. The molecule has 63 heavy (non-hydrogen) atoms. The molecule has 3 aliphatic heterocycles. The van der Waals surface area contributed by atoms with Gasteiger partial charge < -0.3 is 15.5 Å². The number of aromatic nitrogens is 6. The lowest BCUT2D eigenvalue weighted by Crippen LogP contribution is -2.48. The lowest BCUT2D eigenvalue weighted by Gasteiger charge is -2.39. The molecule has 7 heterocycles. The number of pyridine rings is 1. The van der Waals surface area contributed by atoms with Gasteiger partial charge in [0, 0.05) is 89.2 Å². The Morgan fingerprint density at radius 3 is 2.27 bits per heavy atom. The quantitative estimate of drug-likeness (QED) is 0.161. The minimum Gasteiger partial charge on any atom is -0.385 e. The Kier molecular flexibility index (Phi) is 10.7. The Labute approximate surface area is 363 Å². The lowest BCUT2D eigenvalue weighted by molar-refractivity contribution is -0.135. The predicted octanol–water partition coefficient (Wildman–Crippen LogP) is 4.01. The lowest BCUT2D eigenvalue weighted by atomic mass is 9.95. The highest BCUT2D eigenvalue weighted by Gasteiger charge is 2.39. The number of benzene rings is 2. The number of alkyl halides is 1. The molecule has 10 rings (SSSR count). The zero-order valence-corrected chi connectivity index (χ0v) is 35.5. The number of likely N-dealkylation sites (tertiary alicyclic amines) is 1. The summed E-state index contributed by atoms with van der Waals surface area (Å²) in [6, 6.07) is 19.1. The maximum Gasteiger partial charge on any atom is 0.329 e. The summed E-state index contributed by atoms with van der Waals surface area (Å²) in [6.07, 6.45) is 5.65. The van der Waals surface area contributed by atoms with Crippen LogP contribution >= 0.6 is 0 Å². The number of halogens is 1. The highest BCUT2D eigenvalue weighted by molar-refractivity contribution is 6.00. The van der Waals surface area contributed by atoms with Crippen molar-refractivity contribution in [1.29, 1.82) is 0 Å². The molecule has 2 aromatic carbocycles. The van der Waals surface area contributed by atoms with Crippen LogP contribution in [0.15, 0.2) is 77.9 Å². The number of nitrogens with one attached hydrogen (secondary N) is 3. The van der Waals surface area contributed by atoms with Gasteiger partial charge in [0.25, 0.3) is 5.91 Å². The summed E-state index contributed by atoms with van der Waals surface area (Å²) in [6.45, 7) is 7.87. The van der Waals surface area contributed by atoms with Crippen LogP contribution in [-0.4, -0.2) is 121 Å². The number of piperidine rings is 2. The average Bonchev–Trinajstić information content (AvgIpc) is 3.71. The third kappa shape index (κ3) is 8.06. The van der Waals surface area contributed by atoms with E-state index in [0.717, 1.165) is 86.1 Å². The number of fused-ring (bicyclic) bond motifs is 2. The molecule has 1 saturated carbocycles. The summed E-state index contributed by atoms with van der Waals surface area (Å²) >= 11 is 0. The topological polar surface area (TPSA) is 167 Å². The molecule has 6 aromatic rings. The molecule has 3 atom stereocenters. The Morgan fingerprint density at radius 1 is 0.841 bits per heavy atom. The van der Waals surface area contributed by atoms with Crippen molar-refractivity contribution in [2.45, 2.75) is 56.9 Å². The minimum absolute atomic E-state index is 0.220. The highest BCUT2D eigenvalue weighted by Crippen LogP contribution is 2.30. The average molecular weight is 855 g/mol. The smallest absolute Gasteiger partial charge is 0.329 e. The summed E-state index contributed by atoms with van der Waals surface area (Å²) < 4.78 is 18.1. The number of anilines is 2. The van der Waals surface area contributed by atoms with E-state index in [1.807, 2.05) is 48.7 Å². The molecule has 4 aromatic heterocycles. The third-order valence-electron chi connectivity index (χ3n) is 13.3. The fourth-order valence-electron chi connectivity index (χ4n) is 9.42. The van der Waals surface area contributed by atoms with Crippen LogP contribution in [0.2, 0.25) is 0 Å². The van der Waals surface area contributed by atoms with Crippen molar-refractivity contribution in [1.82, 2.24) is 49.1 Å². The van der Waals surface area contributed by atoms with Crippen molar-refractivity contribution in [2.75, 3.05) is 63.1 Å². The van der Waals surface area contributed by atoms with E-state index in [-0.39, 0.29) is 23.7 Å². The van der Waals surface area contributed by atoms with Crippen LogP contribution in [0, 0.1) is 5.92 Å². The zero-order chi connectivity index (χ0) is 43.4. The van der Waals surface area contributed by atoms with E-state index < -0.39 is 30.1 Å². The van der Waals surface area contributed by atoms with E-state index in [0.29, 0.717) is 35.6 Å². The number of imidazole rings is 2. The number of nitrogens with zero attached hydrogens (tertiary/aromatic N) is 9. The predicted molar refractivity (Wildman–Crippen MR) is 237 cm³/mol. The zero-order valence-electron chi connectivity index (χ0n) is 35.5. The Morgan fingerprint density at radius 2 is 1.59 bits per heavy atom. The van der Waals surface area contributed by atoms with Gasteiger partial charge in [0.1, 0.15) is 12.2 Å². The SMILES string of the molecule is CNc1cc(-c2ccc(-c3ccc(CN4CCC(CN5CCN(c6ccc7c(c6)n(C)c(=O)n7C6CCC(=O)NC6=O)CC5)CC4)cn3)cc2)nn2c(C(=O)N[C@@H]3C[C@@H]3F)cnc12. The van der Waals surface area contributed by atoms with Gasteiger partial charge in [-0.1, -0.05) is 30.3 Å². The van der Waals surface area contributed by atoms with Gasteiger partial charge in [-0.25, -0.2) is 18.7 Å². The van der Waals surface area contributed by atoms with Crippen LogP contribution in [0.4, 0.5) is 15.8 Å². The molecule has 3 N–H and O–H groups in total. The molecule has 3 amide bonds. The van der Waals surface area contributed by atoms with Crippen molar-refractivity contribution in [3.63, 3.8) is 0 Å². The number of carbonyl (C=O) groups excluding carboxylic acids is 3. The summed E-state index contributed by atoms with van der Waals surface area (Å²) in [5.74, 6) is -0.454. The second kappa shape index (κ2) is 16.7. The van der Waals surface area contributed by atoms with Crippen molar-refractivity contribution >= 4 is 45.8 Å². The standard InChI is InChI=1S/C46H51FN12O4/c1-48-37-23-35(53-59-41(25-50-43(37)59)45(62)51-36-22-33(36)47)31-6-4-30(5-7-31)34-9-3-29(24-49-34)27-55-15-13-28(14-16-55)26-56-17-19-57(20-18-56)32-8-10-38-40(21-32)54(2)46(63)58(38)39-11-12-42(60)52-44(39)61/h3-10,21,23-25,28,33,36,39,48H,11-20,22,26-27H2,1-2H3,(H,51,62)(H,52,60,61)/t33-,36+,39?/m0/s1. The van der Waals surface area contributed by atoms with Gasteiger partial charge in [-0.15, -0.1) is 0 Å². The normalized spacial score (nSPS) is 21.3. The van der Waals surface area contributed by atoms with Crippen LogP contribution in [0.25, 0.3) is 39.2 Å². The summed E-state index contributed by atoms with van der Waals surface area (Å²) in [5.41, 5.74) is 8.41. The number of imide groups is 1. The Balaban J connectivity index is 0.702. The molecule has 326 valence electrons. The van der Waals surface area contributed by atoms with Crippen LogP contribution < -0.4 is 26.5 Å². The van der Waals surface area contributed by atoms with E-state index in [1.54, 1.807) is 18.7 Å². The van der Waals surface area contributed by atoms with E-state index in [9.17, 15) is 23.6 Å². The molecule has 3 saturated heterocycles. The molecule has 1 unspecified atom stereocenters. The number of piperazine rings is 1. The van der Waals surface area contributed by atoms with Crippen LogP contribution in [0.5, 0.6) is 0 Å². The number of rotatable bonds is 11. The summed E-state index contributed by atoms with van der Waals surface area (Å²) in [4.78, 5) is 67.1. The number of hydrogen-bond acceptors (Lipinski definition) is 11. The van der Waals surface area contributed by atoms with Crippen molar-refractivity contribution in [3.05, 3.63) is 94.8 Å². The molecular weight excluding hydrogens is 804 g/mol. The summed E-state index contributed by atoms with van der Waals surface area (Å²) in [5, 5.41) is 13.0. The van der Waals surface area contributed by atoms with E-state index >= 15 is 0 Å². The van der Waals surface area contributed by atoms with Gasteiger partial charge in [-0.2, -0.15) is 5.10 Å². The fourth-order valence-corrected chi connectivity index (χ4v) is 9.42. The van der Waals surface area contributed by atoms with Gasteiger partial charge >= 0.3 is 5.69 Å². The molecule has 0 spiro atoms. The first-order chi connectivity index (χ1) is 30.6.